The van der Waals surface area contributed by atoms with Gasteiger partial charge < -0.3 is 10.2 Å². The number of sulfonamides is 1. The zero-order chi connectivity index (χ0) is 22.2. The minimum absolute atomic E-state index is 0.0171. The maximum atomic E-state index is 13.0. The van der Waals surface area contributed by atoms with Crippen molar-refractivity contribution in [2.24, 2.45) is 0 Å². The highest BCUT2D eigenvalue weighted by atomic mass is 32.2. The third-order valence-electron chi connectivity index (χ3n) is 5.56. The molecule has 1 N–H and O–H groups in total. The molecule has 0 saturated carbocycles. The van der Waals surface area contributed by atoms with Crippen molar-refractivity contribution in [3.05, 3.63) is 53.1 Å². The maximum absolute atomic E-state index is 13.0. The number of nitrogens with one attached hydrogen (secondary N) is 1. The lowest BCUT2D eigenvalue weighted by Crippen LogP contribution is -2.35. The Morgan fingerprint density at radius 3 is 2.57 bits per heavy atom. The van der Waals surface area contributed by atoms with E-state index < -0.39 is 15.9 Å². The van der Waals surface area contributed by atoms with E-state index in [2.05, 4.69) is 5.32 Å². The molecule has 0 saturated heterocycles. The van der Waals surface area contributed by atoms with Gasteiger partial charge in [-0.05, 0) is 68.1 Å². The number of carbonyl (C=O) groups is 2. The second-order valence-electron chi connectivity index (χ2n) is 7.79. The summed E-state index contributed by atoms with van der Waals surface area (Å²) >= 11 is 0. The number of hydrogen-bond donors (Lipinski definition) is 1. The Balaban J connectivity index is 1.77. The number of hydrogen-bond acceptors (Lipinski definition) is 4. The molecule has 0 aliphatic carbocycles. The van der Waals surface area contributed by atoms with Gasteiger partial charge in [-0.3, -0.25) is 9.59 Å². The highest BCUT2D eigenvalue weighted by Gasteiger charge is 2.31. The molecule has 1 aliphatic heterocycles. The number of benzene rings is 2. The molecule has 2 amide bonds. The molecule has 0 unspecified atom stereocenters. The lowest BCUT2D eigenvalue weighted by atomic mass is 10.1. The molecular formula is C22H27N3O4S. The molecule has 0 fully saturated rings. The van der Waals surface area contributed by atoms with Crippen LogP contribution < -0.4 is 10.2 Å². The van der Waals surface area contributed by atoms with Gasteiger partial charge in [0, 0.05) is 31.4 Å². The molecule has 1 heterocycles. The number of nitrogens with zero attached hydrogens (tertiary/aromatic N) is 2. The van der Waals surface area contributed by atoms with Crippen molar-refractivity contribution < 1.29 is 18.0 Å². The van der Waals surface area contributed by atoms with Gasteiger partial charge in [0.2, 0.25) is 21.8 Å². The molecule has 160 valence electrons. The van der Waals surface area contributed by atoms with Gasteiger partial charge in [0.25, 0.3) is 0 Å². The first-order valence-electron chi connectivity index (χ1n) is 9.77. The van der Waals surface area contributed by atoms with E-state index in [1.54, 1.807) is 23.1 Å². The fourth-order valence-electron chi connectivity index (χ4n) is 3.79. The van der Waals surface area contributed by atoms with Crippen LogP contribution in [0.1, 0.15) is 30.5 Å². The van der Waals surface area contributed by atoms with E-state index in [9.17, 15) is 18.0 Å². The summed E-state index contributed by atoms with van der Waals surface area (Å²) in [6.45, 7) is 6.98. The van der Waals surface area contributed by atoms with Crippen LogP contribution in [0.15, 0.2) is 41.3 Å². The molecule has 0 aromatic heterocycles. The molecule has 8 heteroatoms. The van der Waals surface area contributed by atoms with E-state index in [1.807, 2.05) is 32.9 Å². The van der Waals surface area contributed by atoms with Gasteiger partial charge in [-0.25, -0.2) is 8.42 Å². The Hall–Kier alpha value is -2.71. The van der Waals surface area contributed by atoms with Gasteiger partial charge >= 0.3 is 0 Å². The van der Waals surface area contributed by atoms with Crippen molar-refractivity contribution in [3.8, 4) is 0 Å². The SMILES string of the molecule is CC(=O)N1c2ccc(S(=O)(=O)N(C)CC(=O)Nc3cccc(C)c3C)cc2C[C@H]1C. The van der Waals surface area contributed by atoms with Crippen molar-refractivity contribution in [1.82, 2.24) is 4.31 Å². The van der Waals surface area contributed by atoms with Crippen molar-refractivity contribution in [2.45, 2.75) is 45.1 Å². The minimum atomic E-state index is -3.85. The second kappa shape index (κ2) is 8.20. The first-order chi connectivity index (χ1) is 14.0. The normalized spacial score (nSPS) is 15.9. The van der Waals surface area contributed by atoms with Gasteiger partial charge in [0.15, 0.2) is 0 Å². The first-order valence-corrected chi connectivity index (χ1v) is 11.2. The lowest BCUT2D eigenvalue weighted by molar-refractivity contribution is -0.117. The van der Waals surface area contributed by atoms with Crippen LogP contribution in [0.25, 0.3) is 0 Å². The van der Waals surface area contributed by atoms with E-state index in [4.69, 9.17) is 0 Å². The summed E-state index contributed by atoms with van der Waals surface area (Å²) in [6.07, 6.45) is 0.592. The van der Waals surface area contributed by atoms with Crippen LogP contribution in [-0.4, -0.2) is 44.2 Å². The summed E-state index contributed by atoms with van der Waals surface area (Å²) in [4.78, 5) is 26.1. The molecule has 30 heavy (non-hydrogen) atoms. The highest BCUT2D eigenvalue weighted by molar-refractivity contribution is 7.89. The van der Waals surface area contributed by atoms with E-state index in [0.717, 1.165) is 26.7 Å². The van der Waals surface area contributed by atoms with Gasteiger partial charge in [-0.1, -0.05) is 12.1 Å². The summed E-state index contributed by atoms with van der Waals surface area (Å²) in [7, 11) is -2.47. The van der Waals surface area contributed by atoms with Crippen molar-refractivity contribution >= 4 is 33.2 Å². The first kappa shape index (κ1) is 22.0. The number of amides is 2. The van der Waals surface area contributed by atoms with E-state index in [0.29, 0.717) is 12.1 Å². The van der Waals surface area contributed by atoms with Crippen LogP contribution in [0.3, 0.4) is 0 Å². The van der Waals surface area contributed by atoms with Gasteiger partial charge in [-0.15, -0.1) is 0 Å². The Kier molecular flexibility index (Phi) is 6.01. The fourth-order valence-corrected chi connectivity index (χ4v) is 4.97. The Labute approximate surface area is 177 Å². The molecular weight excluding hydrogens is 402 g/mol. The monoisotopic (exact) mass is 429 g/mol. The maximum Gasteiger partial charge on any atom is 0.243 e. The van der Waals surface area contributed by atoms with Crippen LogP contribution in [0.4, 0.5) is 11.4 Å². The molecule has 0 radical (unpaired) electrons. The van der Waals surface area contributed by atoms with E-state index in [-0.39, 0.29) is 23.4 Å². The average molecular weight is 430 g/mol. The largest absolute Gasteiger partial charge is 0.325 e. The van der Waals surface area contributed by atoms with Crippen molar-refractivity contribution in [1.29, 1.82) is 0 Å². The second-order valence-corrected chi connectivity index (χ2v) is 9.83. The van der Waals surface area contributed by atoms with Crippen LogP contribution >= 0.6 is 0 Å². The summed E-state index contributed by atoms with van der Waals surface area (Å²) in [5.41, 5.74) is 4.21. The van der Waals surface area contributed by atoms with Crippen LogP contribution in [0.2, 0.25) is 0 Å². The highest BCUT2D eigenvalue weighted by Crippen LogP contribution is 2.34. The Morgan fingerprint density at radius 2 is 1.90 bits per heavy atom. The van der Waals surface area contributed by atoms with Gasteiger partial charge in [0.1, 0.15) is 0 Å². The number of carbonyl (C=O) groups excluding carboxylic acids is 2. The lowest BCUT2D eigenvalue weighted by Gasteiger charge is -2.21. The molecule has 1 aliphatic rings. The molecule has 7 nitrogen and oxygen atoms in total. The number of aryl methyl sites for hydroxylation is 1. The van der Waals surface area contributed by atoms with Crippen molar-refractivity contribution in [2.75, 3.05) is 23.8 Å². The predicted octanol–water partition coefficient (Wildman–Crippen LogP) is 2.86. The van der Waals surface area contributed by atoms with Crippen LogP contribution in [0, 0.1) is 13.8 Å². The topological polar surface area (TPSA) is 86.8 Å². The molecule has 0 bridgehead atoms. The number of rotatable bonds is 5. The minimum Gasteiger partial charge on any atom is -0.325 e. The van der Waals surface area contributed by atoms with E-state index in [1.165, 1.54) is 20.0 Å². The van der Waals surface area contributed by atoms with Crippen LogP contribution in [0.5, 0.6) is 0 Å². The average Bonchev–Trinajstić information content (AvgIpc) is 3.00. The smallest absolute Gasteiger partial charge is 0.243 e. The van der Waals surface area contributed by atoms with Crippen molar-refractivity contribution in [3.63, 3.8) is 0 Å². The summed E-state index contributed by atoms with van der Waals surface area (Å²) in [6, 6.07) is 10.3. The quantitative estimate of drug-likeness (QED) is 0.792. The zero-order valence-electron chi connectivity index (χ0n) is 17.9. The molecule has 2 aromatic rings. The summed E-state index contributed by atoms with van der Waals surface area (Å²) in [5.74, 6) is -0.482. The number of fused-ring (bicyclic) bond motifs is 1. The zero-order valence-corrected chi connectivity index (χ0v) is 18.7. The van der Waals surface area contributed by atoms with Gasteiger partial charge in [0.05, 0.1) is 11.4 Å². The Bertz CT molecular complexity index is 1110. The third-order valence-corrected chi connectivity index (χ3v) is 7.36. The molecule has 2 aromatic carbocycles. The molecule has 1 atom stereocenters. The van der Waals surface area contributed by atoms with Crippen LogP contribution in [-0.2, 0) is 26.0 Å². The third kappa shape index (κ3) is 4.11. The molecule has 0 spiro atoms. The Morgan fingerprint density at radius 1 is 1.20 bits per heavy atom. The standard InChI is InChI=1S/C22H27N3O4S/c1-14-7-6-8-20(16(14)3)23-22(27)13-24(5)30(28,29)19-9-10-21-18(12-19)11-15(2)25(21)17(4)26/h6-10,12,15H,11,13H2,1-5H3,(H,23,27)/t15-/m1/s1. The predicted molar refractivity (Wildman–Crippen MR) is 117 cm³/mol. The van der Waals surface area contributed by atoms with Gasteiger partial charge in [-0.2, -0.15) is 4.31 Å². The number of likely N-dealkylation sites (N-methyl/N-ethyl adjacent to an activating group) is 1. The summed E-state index contributed by atoms with van der Waals surface area (Å²) in [5, 5.41) is 2.78. The van der Waals surface area contributed by atoms with E-state index >= 15 is 0 Å². The molecule has 3 rings (SSSR count). The fraction of sp³-hybridized carbons (Fsp3) is 0.364. The summed E-state index contributed by atoms with van der Waals surface area (Å²) < 4.78 is 27.0. The number of anilines is 2.